The molecule has 0 spiro atoms. The van der Waals surface area contributed by atoms with Gasteiger partial charge >= 0.3 is 0 Å². The van der Waals surface area contributed by atoms with Gasteiger partial charge in [0.2, 0.25) is 0 Å². The highest BCUT2D eigenvalue weighted by atomic mass is 16.5. The highest BCUT2D eigenvalue weighted by molar-refractivity contribution is 4.97. The van der Waals surface area contributed by atoms with Crippen molar-refractivity contribution >= 4 is 0 Å². The molecule has 0 amide bonds. The fourth-order valence-corrected chi connectivity index (χ4v) is 3.14. The largest absolute Gasteiger partial charge is 0.378 e. The number of nitrogens with two attached hydrogens (primary N) is 1. The van der Waals surface area contributed by atoms with Crippen molar-refractivity contribution in [3.05, 3.63) is 0 Å². The fourth-order valence-electron chi connectivity index (χ4n) is 3.14. The molecule has 1 saturated heterocycles. The molecule has 0 aromatic rings. The van der Waals surface area contributed by atoms with Crippen molar-refractivity contribution < 1.29 is 4.74 Å². The number of hydrogen-bond donors (Lipinski definition) is 1. The summed E-state index contributed by atoms with van der Waals surface area (Å²) in [6.07, 6.45) is 3.68. The maximum absolute atomic E-state index is 6.23. The first-order valence-electron chi connectivity index (χ1n) is 8.16. The molecule has 120 valence electrons. The summed E-state index contributed by atoms with van der Waals surface area (Å²) in [5.41, 5.74) is 6.37. The van der Waals surface area contributed by atoms with E-state index in [0.29, 0.717) is 12.0 Å². The lowest BCUT2D eigenvalue weighted by molar-refractivity contribution is -0.0883. The van der Waals surface area contributed by atoms with Crippen molar-refractivity contribution in [3.63, 3.8) is 0 Å². The van der Waals surface area contributed by atoms with Crippen LogP contribution in [0.25, 0.3) is 0 Å². The Labute approximate surface area is 125 Å². The van der Waals surface area contributed by atoms with Gasteiger partial charge < -0.3 is 15.4 Å². The molecule has 1 aliphatic rings. The highest BCUT2D eigenvalue weighted by Gasteiger charge is 2.41. The zero-order chi connectivity index (χ0) is 15.2. The van der Waals surface area contributed by atoms with E-state index in [2.05, 4.69) is 44.7 Å². The van der Waals surface area contributed by atoms with E-state index < -0.39 is 0 Å². The Hall–Kier alpha value is -0.160. The van der Waals surface area contributed by atoms with Crippen molar-refractivity contribution in [1.82, 2.24) is 9.80 Å². The van der Waals surface area contributed by atoms with Crippen LogP contribution in [0.1, 0.15) is 40.0 Å². The molecule has 0 aromatic heterocycles. The average Bonchev–Trinajstić information content (AvgIpc) is 2.43. The molecule has 0 radical (unpaired) electrons. The van der Waals surface area contributed by atoms with Crippen LogP contribution in [0.3, 0.4) is 0 Å². The van der Waals surface area contributed by atoms with E-state index in [9.17, 15) is 0 Å². The summed E-state index contributed by atoms with van der Waals surface area (Å²) in [6.45, 7) is 11.7. The van der Waals surface area contributed by atoms with Crippen LogP contribution >= 0.6 is 0 Å². The summed E-state index contributed by atoms with van der Waals surface area (Å²) in [5, 5.41) is 0. The topological polar surface area (TPSA) is 41.7 Å². The summed E-state index contributed by atoms with van der Waals surface area (Å²) in [6, 6.07) is 0. The second-order valence-corrected chi connectivity index (χ2v) is 6.83. The van der Waals surface area contributed by atoms with Crippen molar-refractivity contribution in [2.75, 3.05) is 46.9 Å². The van der Waals surface area contributed by atoms with Crippen LogP contribution in [0.2, 0.25) is 0 Å². The van der Waals surface area contributed by atoms with Crippen LogP contribution in [-0.4, -0.2) is 68.3 Å². The Morgan fingerprint density at radius 3 is 2.45 bits per heavy atom. The predicted octanol–water partition coefficient (Wildman–Crippen LogP) is 1.79. The lowest BCUT2D eigenvalue weighted by atomic mass is 9.81. The molecule has 0 aliphatic carbocycles. The van der Waals surface area contributed by atoms with Gasteiger partial charge in [-0.05, 0) is 45.8 Å². The van der Waals surface area contributed by atoms with Gasteiger partial charge in [-0.15, -0.1) is 0 Å². The molecule has 1 aliphatic heterocycles. The summed E-state index contributed by atoms with van der Waals surface area (Å²) in [7, 11) is 4.28. The lowest BCUT2D eigenvalue weighted by Gasteiger charge is -2.49. The van der Waals surface area contributed by atoms with E-state index in [1.165, 1.54) is 6.42 Å². The predicted molar refractivity (Wildman–Crippen MR) is 86.0 cm³/mol. The monoisotopic (exact) mass is 285 g/mol. The van der Waals surface area contributed by atoms with Crippen LogP contribution < -0.4 is 5.73 Å². The van der Waals surface area contributed by atoms with E-state index in [-0.39, 0.29) is 5.54 Å². The molecule has 20 heavy (non-hydrogen) atoms. The average molecular weight is 285 g/mol. The smallest absolute Gasteiger partial charge is 0.0616 e. The van der Waals surface area contributed by atoms with Gasteiger partial charge in [-0.3, -0.25) is 4.90 Å². The van der Waals surface area contributed by atoms with Crippen LogP contribution in [0, 0.1) is 5.92 Å². The Morgan fingerprint density at radius 2 is 1.95 bits per heavy atom. The Bertz CT molecular complexity index is 270. The van der Waals surface area contributed by atoms with Crippen LogP contribution in [-0.2, 0) is 4.74 Å². The maximum Gasteiger partial charge on any atom is 0.0616 e. The standard InChI is InChI=1S/C16H35N3O/c1-6-8-19(10-9-18(4)5)16(13-17)7-11-20-15(12-16)14(2)3/h14-15H,6-13,17H2,1-5H3. The maximum atomic E-state index is 6.23. The van der Waals surface area contributed by atoms with Crippen LogP contribution in [0.5, 0.6) is 0 Å². The van der Waals surface area contributed by atoms with E-state index in [0.717, 1.165) is 45.6 Å². The molecule has 4 heteroatoms. The molecule has 1 heterocycles. The van der Waals surface area contributed by atoms with Gasteiger partial charge in [0.05, 0.1) is 6.10 Å². The molecular weight excluding hydrogens is 250 g/mol. The minimum absolute atomic E-state index is 0.138. The number of rotatable bonds is 8. The molecule has 1 fully saturated rings. The number of ether oxygens (including phenoxy) is 1. The first kappa shape index (κ1) is 17.9. The Balaban J connectivity index is 2.80. The van der Waals surface area contributed by atoms with Crippen LogP contribution in [0.4, 0.5) is 0 Å². The molecule has 4 nitrogen and oxygen atoms in total. The molecule has 2 N–H and O–H groups in total. The lowest BCUT2D eigenvalue weighted by Crippen LogP contribution is -2.60. The summed E-state index contributed by atoms with van der Waals surface area (Å²) in [4.78, 5) is 4.89. The normalized spacial score (nSPS) is 27.8. The number of likely N-dealkylation sites (N-methyl/N-ethyl adjacent to an activating group) is 1. The number of hydrogen-bond acceptors (Lipinski definition) is 4. The van der Waals surface area contributed by atoms with Crippen molar-refractivity contribution in [2.45, 2.75) is 51.7 Å². The first-order chi connectivity index (χ1) is 9.45. The summed E-state index contributed by atoms with van der Waals surface area (Å²) < 4.78 is 5.96. The SMILES string of the molecule is CCCN(CCN(C)C)C1(CN)CCOC(C(C)C)C1. The van der Waals surface area contributed by atoms with E-state index >= 15 is 0 Å². The molecule has 2 unspecified atom stereocenters. The van der Waals surface area contributed by atoms with Crippen molar-refractivity contribution in [3.8, 4) is 0 Å². The molecular formula is C16H35N3O. The van der Waals surface area contributed by atoms with Crippen LogP contribution in [0.15, 0.2) is 0 Å². The van der Waals surface area contributed by atoms with Crippen molar-refractivity contribution in [2.24, 2.45) is 11.7 Å². The third-order valence-corrected chi connectivity index (χ3v) is 4.59. The summed E-state index contributed by atoms with van der Waals surface area (Å²) >= 11 is 0. The molecule has 1 rings (SSSR count). The van der Waals surface area contributed by atoms with Crippen molar-refractivity contribution in [1.29, 1.82) is 0 Å². The zero-order valence-electron chi connectivity index (χ0n) is 14.2. The quantitative estimate of drug-likeness (QED) is 0.738. The van der Waals surface area contributed by atoms with E-state index in [1.807, 2.05) is 0 Å². The summed E-state index contributed by atoms with van der Waals surface area (Å²) in [5.74, 6) is 0.568. The fraction of sp³-hybridized carbons (Fsp3) is 1.00. The Kier molecular flexibility index (Phi) is 7.45. The van der Waals surface area contributed by atoms with Gasteiger partial charge in [0, 0.05) is 31.8 Å². The van der Waals surface area contributed by atoms with Gasteiger partial charge in [-0.1, -0.05) is 20.8 Å². The molecule has 0 saturated carbocycles. The zero-order valence-corrected chi connectivity index (χ0v) is 14.2. The van der Waals surface area contributed by atoms with Gasteiger partial charge in [0.15, 0.2) is 0 Å². The molecule has 0 aromatic carbocycles. The minimum Gasteiger partial charge on any atom is -0.378 e. The molecule has 0 bridgehead atoms. The second kappa shape index (κ2) is 8.32. The van der Waals surface area contributed by atoms with Gasteiger partial charge in [0.1, 0.15) is 0 Å². The van der Waals surface area contributed by atoms with E-state index in [4.69, 9.17) is 10.5 Å². The van der Waals surface area contributed by atoms with E-state index in [1.54, 1.807) is 0 Å². The minimum atomic E-state index is 0.138. The third kappa shape index (κ3) is 4.69. The van der Waals surface area contributed by atoms with Gasteiger partial charge in [-0.25, -0.2) is 0 Å². The second-order valence-electron chi connectivity index (χ2n) is 6.83. The third-order valence-electron chi connectivity index (χ3n) is 4.59. The molecule has 2 atom stereocenters. The first-order valence-corrected chi connectivity index (χ1v) is 8.16. The van der Waals surface area contributed by atoms with Gasteiger partial charge in [-0.2, -0.15) is 0 Å². The van der Waals surface area contributed by atoms with Gasteiger partial charge in [0.25, 0.3) is 0 Å². The Morgan fingerprint density at radius 1 is 1.25 bits per heavy atom. The number of nitrogens with zero attached hydrogens (tertiary/aromatic N) is 2. The highest BCUT2D eigenvalue weighted by Crippen LogP contribution is 2.33.